The zero-order valence-corrected chi connectivity index (χ0v) is 12.7. The normalized spacial score (nSPS) is 11.7. The number of quaternary nitrogens is 1. The van der Waals surface area contributed by atoms with Crippen molar-refractivity contribution in [3.8, 4) is 0 Å². The number of nitrogens with zero attached hydrogens (tertiary/aromatic N) is 1. The van der Waals surface area contributed by atoms with Crippen LogP contribution in [0.5, 0.6) is 0 Å². The van der Waals surface area contributed by atoms with Crippen LogP contribution in [0, 0.1) is 23.3 Å². The Bertz CT molecular complexity index is 494. The first kappa shape index (κ1) is 17.5. The molecule has 6 heteroatoms. The minimum atomic E-state index is -1.38. The molecule has 21 heavy (non-hydrogen) atoms. The summed E-state index contributed by atoms with van der Waals surface area (Å²) in [5, 5.41) is 0. The monoisotopic (exact) mass is 305 g/mol. The van der Waals surface area contributed by atoms with Gasteiger partial charge in [-0.05, 0) is 26.0 Å². The quantitative estimate of drug-likeness (QED) is 0.626. The largest absolute Gasteiger partial charge is 0.373 e. The van der Waals surface area contributed by atoms with Gasteiger partial charge in [0.25, 0.3) is 0 Å². The maximum absolute atomic E-state index is 13.9. The molecule has 0 saturated carbocycles. The highest BCUT2D eigenvalue weighted by atomic mass is 19.2. The standard InChI is InChI=1S/C15H20F4N2/c1-5-21(6-2)9-7-8-10-11(16)13(18)15(20(3)4)14(19)12(10)17/h7-8H,5-6,9H2,1-4H3/p+1/b8-7+. The predicted molar refractivity (Wildman–Crippen MR) is 76.5 cm³/mol. The molecular formula is C15H21F4N2+. The van der Waals surface area contributed by atoms with Crippen molar-refractivity contribution in [3.05, 3.63) is 34.9 Å². The van der Waals surface area contributed by atoms with Gasteiger partial charge in [0, 0.05) is 14.1 Å². The molecule has 1 rings (SSSR count). The summed E-state index contributed by atoms with van der Waals surface area (Å²) in [6.07, 6.45) is 2.62. The molecule has 0 heterocycles. The van der Waals surface area contributed by atoms with Gasteiger partial charge in [0.05, 0.1) is 25.2 Å². The number of anilines is 1. The van der Waals surface area contributed by atoms with Gasteiger partial charge in [0.1, 0.15) is 5.69 Å². The summed E-state index contributed by atoms with van der Waals surface area (Å²) < 4.78 is 55.4. The molecule has 0 bridgehead atoms. The van der Waals surface area contributed by atoms with Gasteiger partial charge in [-0.1, -0.05) is 0 Å². The van der Waals surface area contributed by atoms with Crippen LogP contribution < -0.4 is 9.80 Å². The molecule has 1 aromatic rings. The molecule has 0 radical (unpaired) electrons. The van der Waals surface area contributed by atoms with Crippen molar-refractivity contribution in [3.63, 3.8) is 0 Å². The maximum Gasteiger partial charge on any atom is 0.185 e. The van der Waals surface area contributed by atoms with E-state index < -0.39 is 34.5 Å². The third kappa shape index (κ3) is 3.75. The summed E-state index contributed by atoms with van der Waals surface area (Å²) in [5.74, 6) is -5.51. The van der Waals surface area contributed by atoms with E-state index >= 15 is 0 Å². The van der Waals surface area contributed by atoms with Crippen LogP contribution in [0.15, 0.2) is 6.08 Å². The van der Waals surface area contributed by atoms with E-state index in [0.717, 1.165) is 24.1 Å². The Morgan fingerprint density at radius 2 is 1.38 bits per heavy atom. The van der Waals surface area contributed by atoms with E-state index in [2.05, 4.69) is 0 Å². The van der Waals surface area contributed by atoms with Crippen molar-refractivity contribution < 1.29 is 22.5 Å². The minimum Gasteiger partial charge on any atom is -0.373 e. The van der Waals surface area contributed by atoms with E-state index in [9.17, 15) is 17.6 Å². The zero-order valence-electron chi connectivity index (χ0n) is 12.7. The second-order valence-corrected chi connectivity index (χ2v) is 4.98. The predicted octanol–water partition coefficient (Wildman–Crippen LogP) is 2.25. The van der Waals surface area contributed by atoms with E-state index in [1.54, 1.807) is 0 Å². The van der Waals surface area contributed by atoms with Gasteiger partial charge in [-0.25, -0.2) is 17.6 Å². The fourth-order valence-corrected chi connectivity index (χ4v) is 2.06. The highest BCUT2D eigenvalue weighted by Gasteiger charge is 2.25. The van der Waals surface area contributed by atoms with Gasteiger partial charge in [0.2, 0.25) is 0 Å². The van der Waals surface area contributed by atoms with E-state index in [4.69, 9.17) is 0 Å². The highest BCUT2D eigenvalue weighted by molar-refractivity contribution is 5.59. The molecule has 0 aliphatic heterocycles. The van der Waals surface area contributed by atoms with Crippen molar-refractivity contribution in [2.45, 2.75) is 13.8 Å². The van der Waals surface area contributed by atoms with E-state index in [-0.39, 0.29) is 0 Å². The van der Waals surface area contributed by atoms with Crippen LogP contribution in [0.4, 0.5) is 23.2 Å². The third-order valence-electron chi connectivity index (χ3n) is 3.41. The Labute approximate surface area is 122 Å². The number of hydrogen-bond donors (Lipinski definition) is 1. The van der Waals surface area contributed by atoms with Crippen LogP contribution in [-0.4, -0.2) is 33.7 Å². The lowest BCUT2D eigenvalue weighted by molar-refractivity contribution is -0.890. The number of hydrogen-bond acceptors (Lipinski definition) is 1. The number of nitrogens with one attached hydrogen (secondary N) is 1. The SMILES string of the molecule is CC[NH+](CC)C/C=C/c1c(F)c(F)c(N(C)C)c(F)c1F. The van der Waals surface area contributed by atoms with Gasteiger partial charge < -0.3 is 9.80 Å². The van der Waals surface area contributed by atoms with Crippen LogP contribution in [0.1, 0.15) is 19.4 Å². The lowest BCUT2D eigenvalue weighted by Crippen LogP contribution is -3.11. The highest BCUT2D eigenvalue weighted by Crippen LogP contribution is 2.30. The summed E-state index contributed by atoms with van der Waals surface area (Å²) in [6.45, 7) is 6.21. The first-order valence-corrected chi connectivity index (χ1v) is 6.88. The van der Waals surface area contributed by atoms with Crippen LogP contribution >= 0.6 is 0 Å². The zero-order chi connectivity index (χ0) is 16.2. The molecule has 0 fully saturated rings. The molecule has 1 N–H and O–H groups in total. The van der Waals surface area contributed by atoms with E-state index in [1.807, 2.05) is 13.8 Å². The first-order valence-electron chi connectivity index (χ1n) is 6.88. The molecule has 1 aromatic carbocycles. The molecule has 0 amide bonds. The first-order chi connectivity index (χ1) is 9.84. The molecule has 118 valence electrons. The molecule has 2 nitrogen and oxygen atoms in total. The molecule has 0 aromatic heterocycles. The Morgan fingerprint density at radius 3 is 1.76 bits per heavy atom. The van der Waals surface area contributed by atoms with Gasteiger partial charge in [-0.3, -0.25) is 0 Å². The number of rotatable bonds is 6. The Hall–Kier alpha value is -1.56. The van der Waals surface area contributed by atoms with Gasteiger partial charge in [0.15, 0.2) is 23.3 Å². The molecular weight excluding hydrogens is 284 g/mol. The summed E-state index contributed by atoms with van der Waals surface area (Å²) in [4.78, 5) is 2.20. The minimum absolute atomic E-state index is 0.532. The van der Waals surface area contributed by atoms with Crippen molar-refractivity contribution >= 4 is 11.8 Å². The number of benzene rings is 1. The summed E-state index contributed by atoms with van der Waals surface area (Å²) in [7, 11) is 2.64. The summed E-state index contributed by atoms with van der Waals surface area (Å²) in [5.41, 5.74) is -1.39. The molecule has 0 spiro atoms. The van der Waals surface area contributed by atoms with E-state index in [1.165, 1.54) is 25.1 Å². The third-order valence-corrected chi connectivity index (χ3v) is 3.41. The lowest BCUT2D eigenvalue weighted by Gasteiger charge is -2.17. The molecule has 0 aliphatic rings. The summed E-state index contributed by atoms with van der Waals surface area (Å²) >= 11 is 0. The van der Waals surface area contributed by atoms with Crippen molar-refractivity contribution in [1.82, 2.24) is 0 Å². The van der Waals surface area contributed by atoms with Crippen LogP contribution in [0.3, 0.4) is 0 Å². The number of likely N-dealkylation sites (N-methyl/N-ethyl adjacent to an activating group) is 1. The second kappa shape index (κ2) is 7.45. The van der Waals surface area contributed by atoms with Crippen LogP contribution in [0.2, 0.25) is 0 Å². The van der Waals surface area contributed by atoms with Crippen LogP contribution in [0.25, 0.3) is 6.08 Å². The van der Waals surface area contributed by atoms with Gasteiger partial charge in [-0.2, -0.15) is 0 Å². The average Bonchev–Trinajstić information content (AvgIpc) is 2.44. The molecule has 0 unspecified atom stereocenters. The molecule has 0 saturated heterocycles. The van der Waals surface area contributed by atoms with E-state index in [0.29, 0.717) is 6.54 Å². The van der Waals surface area contributed by atoms with Crippen LogP contribution in [-0.2, 0) is 0 Å². The lowest BCUT2D eigenvalue weighted by atomic mass is 10.1. The van der Waals surface area contributed by atoms with Gasteiger partial charge >= 0.3 is 0 Å². The van der Waals surface area contributed by atoms with Crippen molar-refractivity contribution in [1.29, 1.82) is 0 Å². The Kier molecular flexibility index (Phi) is 6.20. The molecule has 0 atom stereocenters. The fraction of sp³-hybridized carbons (Fsp3) is 0.467. The Balaban J connectivity index is 3.18. The van der Waals surface area contributed by atoms with Crippen molar-refractivity contribution in [2.24, 2.45) is 0 Å². The smallest absolute Gasteiger partial charge is 0.185 e. The topological polar surface area (TPSA) is 7.68 Å². The van der Waals surface area contributed by atoms with Gasteiger partial charge in [-0.15, -0.1) is 0 Å². The molecule has 0 aliphatic carbocycles. The summed E-state index contributed by atoms with van der Waals surface area (Å²) in [6, 6.07) is 0. The Morgan fingerprint density at radius 1 is 0.905 bits per heavy atom. The second-order valence-electron chi connectivity index (χ2n) is 4.98. The number of halogens is 4. The fourth-order valence-electron chi connectivity index (χ4n) is 2.06. The average molecular weight is 305 g/mol. The van der Waals surface area contributed by atoms with Crippen molar-refractivity contribution in [2.75, 3.05) is 38.6 Å². The maximum atomic E-state index is 13.9.